The van der Waals surface area contributed by atoms with Gasteiger partial charge in [-0.15, -0.1) is 0 Å². The van der Waals surface area contributed by atoms with E-state index in [1.807, 2.05) is 4.90 Å². The van der Waals surface area contributed by atoms with Crippen LogP contribution in [0.3, 0.4) is 0 Å². The fourth-order valence-corrected chi connectivity index (χ4v) is 3.72. The Balaban J connectivity index is 1.59. The predicted octanol–water partition coefficient (Wildman–Crippen LogP) is -1.01. The number of carbonyl (C=O) groups is 1. The van der Waals surface area contributed by atoms with Gasteiger partial charge in [0, 0.05) is 13.1 Å². The summed E-state index contributed by atoms with van der Waals surface area (Å²) in [5.74, 6) is 0.0113. The van der Waals surface area contributed by atoms with Crippen LogP contribution in [0.25, 0.3) is 11.2 Å². The van der Waals surface area contributed by atoms with E-state index in [4.69, 9.17) is 4.74 Å². The predicted molar refractivity (Wildman–Crippen MR) is 92.5 cm³/mol. The Labute approximate surface area is 155 Å². The van der Waals surface area contributed by atoms with E-state index in [0.29, 0.717) is 16.9 Å². The van der Waals surface area contributed by atoms with E-state index in [2.05, 4.69) is 15.0 Å². The van der Waals surface area contributed by atoms with E-state index >= 15 is 0 Å². The lowest BCUT2D eigenvalue weighted by Gasteiger charge is -2.26. The topological polar surface area (TPSA) is 134 Å². The van der Waals surface area contributed by atoms with Crippen molar-refractivity contribution >= 4 is 17.1 Å². The molecule has 2 aliphatic heterocycles. The molecular formula is C17H23N5O5. The van der Waals surface area contributed by atoms with Gasteiger partial charge in [-0.1, -0.05) is 0 Å². The molecule has 146 valence electrons. The maximum atomic E-state index is 12.6. The molecule has 1 amide bonds. The summed E-state index contributed by atoms with van der Waals surface area (Å²) in [6, 6.07) is 0. The van der Waals surface area contributed by atoms with Crippen molar-refractivity contribution in [3.8, 4) is 0 Å². The number of amides is 1. The number of aliphatic hydroxyl groups is 3. The third-order valence-electron chi connectivity index (χ3n) is 5.25. The van der Waals surface area contributed by atoms with E-state index in [1.165, 1.54) is 17.2 Å². The third-order valence-corrected chi connectivity index (χ3v) is 5.25. The molecule has 2 aliphatic rings. The van der Waals surface area contributed by atoms with Crippen molar-refractivity contribution in [2.45, 2.75) is 50.2 Å². The molecule has 0 radical (unpaired) electrons. The highest BCUT2D eigenvalue weighted by molar-refractivity contribution is 5.83. The normalized spacial score (nSPS) is 28.8. The van der Waals surface area contributed by atoms with Crippen LogP contribution in [-0.4, -0.2) is 83.7 Å². The van der Waals surface area contributed by atoms with E-state index in [-0.39, 0.29) is 12.3 Å². The van der Waals surface area contributed by atoms with Crippen LogP contribution in [0.5, 0.6) is 0 Å². The monoisotopic (exact) mass is 377 g/mol. The lowest BCUT2D eigenvalue weighted by molar-refractivity contribution is -0.131. The third kappa shape index (κ3) is 3.29. The summed E-state index contributed by atoms with van der Waals surface area (Å²) in [5.41, 5.74) is 1.38. The maximum absolute atomic E-state index is 12.6. The van der Waals surface area contributed by atoms with Gasteiger partial charge in [0.2, 0.25) is 5.91 Å². The Morgan fingerprint density at radius 1 is 1.15 bits per heavy atom. The van der Waals surface area contributed by atoms with Crippen molar-refractivity contribution in [1.82, 2.24) is 24.4 Å². The average molecular weight is 377 g/mol. The van der Waals surface area contributed by atoms with Gasteiger partial charge in [0.15, 0.2) is 11.9 Å². The molecule has 0 bridgehead atoms. The molecule has 4 heterocycles. The molecule has 0 unspecified atom stereocenters. The molecular weight excluding hydrogens is 354 g/mol. The van der Waals surface area contributed by atoms with Crippen LogP contribution in [0.2, 0.25) is 0 Å². The number of fused-ring (bicyclic) bond motifs is 1. The molecule has 27 heavy (non-hydrogen) atoms. The van der Waals surface area contributed by atoms with Crippen molar-refractivity contribution in [3.05, 3.63) is 18.3 Å². The molecule has 4 rings (SSSR count). The van der Waals surface area contributed by atoms with E-state index < -0.39 is 31.1 Å². The molecule has 2 aromatic rings. The van der Waals surface area contributed by atoms with E-state index in [1.54, 1.807) is 0 Å². The smallest absolute Gasteiger partial charge is 0.228 e. The summed E-state index contributed by atoms with van der Waals surface area (Å²) < 4.78 is 7.04. The number of nitrogens with zero attached hydrogens (tertiary/aromatic N) is 5. The minimum absolute atomic E-state index is 0.0113. The van der Waals surface area contributed by atoms with Crippen molar-refractivity contribution in [2.24, 2.45) is 0 Å². The molecule has 2 aromatic heterocycles. The Kier molecular flexibility index (Phi) is 5.04. The zero-order chi connectivity index (χ0) is 19.0. The SMILES string of the molecule is O=C(Cc1ncnc2c1ncn2[C@@H]1O[C@H](CO)[C@@H](O)[C@H]1O)N1CCCCC1. The molecule has 0 spiro atoms. The summed E-state index contributed by atoms with van der Waals surface area (Å²) >= 11 is 0. The summed E-state index contributed by atoms with van der Waals surface area (Å²) in [7, 11) is 0. The van der Waals surface area contributed by atoms with Gasteiger partial charge in [0.05, 0.1) is 25.0 Å². The highest BCUT2D eigenvalue weighted by Crippen LogP contribution is 2.31. The quantitative estimate of drug-likeness (QED) is 0.617. The first-order valence-corrected chi connectivity index (χ1v) is 9.16. The molecule has 0 saturated carbocycles. The molecule has 10 heteroatoms. The second-order valence-corrected chi connectivity index (χ2v) is 6.99. The summed E-state index contributed by atoms with van der Waals surface area (Å²) in [4.78, 5) is 27.1. The first kappa shape index (κ1) is 18.2. The molecule has 4 atom stereocenters. The highest BCUT2D eigenvalue weighted by atomic mass is 16.6. The first-order valence-electron chi connectivity index (χ1n) is 9.16. The Morgan fingerprint density at radius 2 is 1.93 bits per heavy atom. The van der Waals surface area contributed by atoms with Crippen LogP contribution in [0.15, 0.2) is 12.7 Å². The van der Waals surface area contributed by atoms with Gasteiger partial charge in [-0.25, -0.2) is 15.0 Å². The average Bonchev–Trinajstić information content (AvgIpc) is 3.25. The van der Waals surface area contributed by atoms with Crippen molar-refractivity contribution in [2.75, 3.05) is 19.7 Å². The van der Waals surface area contributed by atoms with Gasteiger partial charge in [-0.05, 0) is 19.3 Å². The zero-order valence-electron chi connectivity index (χ0n) is 14.8. The molecule has 2 fully saturated rings. The Morgan fingerprint density at radius 3 is 2.63 bits per heavy atom. The molecule has 2 saturated heterocycles. The number of ether oxygens (including phenoxy) is 1. The van der Waals surface area contributed by atoms with Crippen LogP contribution in [0, 0.1) is 0 Å². The molecule has 0 aromatic carbocycles. The number of carbonyl (C=O) groups excluding carboxylic acids is 1. The zero-order valence-corrected chi connectivity index (χ0v) is 14.8. The first-order chi connectivity index (χ1) is 13.1. The summed E-state index contributed by atoms with van der Waals surface area (Å²) in [5, 5.41) is 29.5. The number of piperidine rings is 1. The number of rotatable bonds is 4. The summed E-state index contributed by atoms with van der Waals surface area (Å²) in [6.07, 6.45) is 1.85. The number of likely N-dealkylation sites (tertiary alicyclic amines) is 1. The van der Waals surface area contributed by atoms with Gasteiger partial charge in [-0.2, -0.15) is 0 Å². The van der Waals surface area contributed by atoms with Crippen LogP contribution >= 0.6 is 0 Å². The minimum atomic E-state index is -1.23. The van der Waals surface area contributed by atoms with Crippen LogP contribution < -0.4 is 0 Å². The largest absolute Gasteiger partial charge is 0.394 e. The second-order valence-electron chi connectivity index (χ2n) is 6.99. The number of aliphatic hydroxyl groups excluding tert-OH is 3. The lowest BCUT2D eigenvalue weighted by atomic mass is 10.1. The maximum Gasteiger partial charge on any atom is 0.228 e. The van der Waals surface area contributed by atoms with Crippen molar-refractivity contribution in [3.63, 3.8) is 0 Å². The van der Waals surface area contributed by atoms with Gasteiger partial charge < -0.3 is 25.0 Å². The fraction of sp³-hybridized carbons (Fsp3) is 0.647. The van der Waals surface area contributed by atoms with E-state index in [9.17, 15) is 20.1 Å². The molecule has 10 nitrogen and oxygen atoms in total. The highest BCUT2D eigenvalue weighted by Gasteiger charge is 2.44. The van der Waals surface area contributed by atoms with Crippen LogP contribution in [0.1, 0.15) is 31.2 Å². The van der Waals surface area contributed by atoms with Gasteiger partial charge in [-0.3, -0.25) is 9.36 Å². The summed E-state index contributed by atoms with van der Waals surface area (Å²) in [6.45, 7) is 1.13. The Bertz CT molecular complexity index is 821. The lowest BCUT2D eigenvalue weighted by Crippen LogP contribution is -2.36. The van der Waals surface area contributed by atoms with Crippen molar-refractivity contribution < 1.29 is 24.9 Å². The number of hydrogen-bond donors (Lipinski definition) is 3. The Hall–Kier alpha value is -2.14. The molecule has 0 aliphatic carbocycles. The van der Waals surface area contributed by atoms with Crippen molar-refractivity contribution in [1.29, 1.82) is 0 Å². The second kappa shape index (κ2) is 7.47. The minimum Gasteiger partial charge on any atom is -0.394 e. The van der Waals surface area contributed by atoms with Crippen LogP contribution in [-0.2, 0) is 16.0 Å². The molecule has 3 N–H and O–H groups in total. The fourth-order valence-electron chi connectivity index (χ4n) is 3.72. The van der Waals surface area contributed by atoms with Gasteiger partial charge in [0.1, 0.15) is 30.2 Å². The van der Waals surface area contributed by atoms with Gasteiger partial charge >= 0.3 is 0 Å². The van der Waals surface area contributed by atoms with E-state index in [0.717, 1.165) is 32.4 Å². The standard InChI is InChI=1S/C17H23N5O5/c23-7-11-14(25)15(26)17(27-11)22-9-20-13-10(18-8-19-16(13)22)6-12(24)21-4-2-1-3-5-21/h8-9,11,14-15,17,23,25-26H,1-7H2/t11-,14-,15-,17-/m1/s1. The van der Waals surface area contributed by atoms with Crippen LogP contribution in [0.4, 0.5) is 0 Å². The van der Waals surface area contributed by atoms with Gasteiger partial charge in [0.25, 0.3) is 0 Å². The number of aromatic nitrogens is 4. The number of hydrogen-bond acceptors (Lipinski definition) is 8. The number of imidazole rings is 1.